The fourth-order valence-electron chi connectivity index (χ4n) is 3.38. The molecule has 0 saturated carbocycles. The molecule has 126 valence electrons. The van der Waals surface area contributed by atoms with Crippen LogP contribution < -0.4 is 5.32 Å². The van der Waals surface area contributed by atoms with Gasteiger partial charge in [-0.2, -0.15) is 0 Å². The number of amides is 1. The molecule has 0 bridgehead atoms. The normalized spacial score (nSPS) is 21.0. The van der Waals surface area contributed by atoms with Crippen LogP contribution in [0, 0.1) is 6.92 Å². The number of carbonyl (C=O) groups excluding carboxylic acids is 1. The summed E-state index contributed by atoms with van der Waals surface area (Å²) in [4.78, 5) is 23.7. The van der Waals surface area contributed by atoms with E-state index in [2.05, 4.69) is 51.4 Å². The molecule has 24 heavy (non-hydrogen) atoms. The van der Waals surface area contributed by atoms with Crippen molar-refractivity contribution in [3.8, 4) is 0 Å². The van der Waals surface area contributed by atoms with Crippen molar-refractivity contribution in [1.29, 1.82) is 0 Å². The van der Waals surface area contributed by atoms with E-state index in [0.717, 1.165) is 37.4 Å². The molecule has 0 spiro atoms. The van der Waals surface area contributed by atoms with Crippen LogP contribution in [-0.4, -0.2) is 34.4 Å². The second-order valence-corrected chi connectivity index (χ2v) is 6.58. The summed E-state index contributed by atoms with van der Waals surface area (Å²) in [5.74, 6) is 0.576. The highest BCUT2D eigenvalue weighted by Gasteiger charge is 2.41. The van der Waals surface area contributed by atoms with Crippen LogP contribution in [0.15, 0.2) is 36.4 Å². The molecular formula is C19H24N4O. The Hall–Kier alpha value is -2.27. The van der Waals surface area contributed by atoms with Gasteiger partial charge in [-0.1, -0.05) is 30.3 Å². The Morgan fingerprint density at radius 3 is 2.75 bits per heavy atom. The Morgan fingerprint density at radius 1 is 1.29 bits per heavy atom. The van der Waals surface area contributed by atoms with E-state index in [1.54, 1.807) is 13.1 Å². The van der Waals surface area contributed by atoms with Gasteiger partial charge in [0.1, 0.15) is 11.5 Å². The van der Waals surface area contributed by atoms with Gasteiger partial charge in [0, 0.05) is 19.3 Å². The lowest BCUT2D eigenvalue weighted by atomic mass is 9.96. The predicted octanol–water partition coefficient (Wildman–Crippen LogP) is 2.66. The van der Waals surface area contributed by atoms with Gasteiger partial charge in [0.2, 0.25) is 0 Å². The Bertz CT molecular complexity index is 731. The molecule has 1 atom stereocenters. The molecule has 0 radical (unpaired) electrons. The summed E-state index contributed by atoms with van der Waals surface area (Å²) in [6.07, 6.45) is 2.10. The summed E-state index contributed by atoms with van der Waals surface area (Å²) in [6, 6.07) is 12.2. The maximum absolute atomic E-state index is 12.0. The summed E-state index contributed by atoms with van der Waals surface area (Å²) < 4.78 is 0. The average molecular weight is 324 g/mol. The second-order valence-electron chi connectivity index (χ2n) is 6.58. The van der Waals surface area contributed by atoms with Crippen molar-refractivity contribution in [3.05, 3.63) is 59.2 Å². The van der Waals surface area contributed by atoms with Crippen molar-refractivity contribution in [2.24, 2.45) is 0 Å². The highest BCUT2D eigenvalue weighted by atomic mass is 16.1. The standard InChI is InChI=1S/C19H24N4O/c1-14-12-16(17(24)20-3)22-18(21-14)19(2)10-7-11-23(19)13-15-8-5-4-6-9-15/h4-6,8-9,12H,7,10-11,13H2,1-3H3,(H,20,24)/t19-/m1/s1. The van der Waals surface area contributed by atoms with Crippen LogP contribution in [0.5, 0.6) is 0 Å². The minimum atomic E-state index is -0.245. The first-order valence-corrected chi connectivity index (χ1v) is 8.40. The first kappa shape index (κ1) is 16.6. The summed E-state index contributed by atoms with van der Waals surface area (Å²) in [5, 5.41) is 2.65. The average Bonchev–Trinajstić information content (AvgIpc) is 2.96. The minimum absolute atomic E-state index is 0.169. The highest BCUT2D eigenvalue weighted by molar-refractivity contribution is 5.92. The molecule has 2 heterocycles. The third-order valence-electron chi connectivity index (χ3n) is 4.80. The molecule has 2 aromatic rings. The van der Waals surface area contributed by atoms with Crippen LogP contribution in [0.3, 0.4) is 0 Å². The van der Waals surface area contributed by atoms with Crippen LogP contribution in [0.4, 0.5) is 0 Å². The van der Waals surface area contributed by atoms with Gasteiger partial charge in [-0.05, 0) is 44.9 Å². The molecule has 3 rings (SSSR count). The van der Waals surface area contributed by atoms with Crippen LogP contribution in [-0.2, 0) is 12.1 Å². The minimum Gasteiger partial charge on any atom is -0.354 e. The maximum Gasteiger partial charge on any atom is 0.269 e. The summed E-state index contributed by atoms with van der Waals surface area (Å²) in [5.41, 5.74) is 2.30. The molecule has 5 heteroatoms. The quantitative estimate of drug-likeness (QED) is 0.939. The molecule has 0 unspecified atom stereocenters. The van der Waals surface area contributed by atoms with Crippen LogP contribution >= 0.6 is 0 Å². The van der Waals surface area contributed by atoms with E-state index in [1.165, 1.54) is 5.56 Å². The van der Waals surface area contributed by atoms with Gasteiger partial charge < -0.3 is 5.32 Å². The SMILES string of the molecule is CNC(=O)c1cc(C)nc([C@@]2(C)CCCN2Cc2ccccc2)n1. The monoisotopic (exact) mass is 324 g/mol. The molecule has 1 fully saturated rings. The fourth-order valence-corrected chi connectivity index (χ4v) is 3.38. The van der Waals surface area contributed by atoms with Crippen molar-refractivity contribution in [2.75, 3.05) is 13.6 Å². The van der Waals surface area contributed by atoms with Crippen molar-refractivity contribution in [2.45, 2.75) is 38.8 Å². The van der Waals surface area contributed by atoms with Gasteiger partial charge in [0.15, 0.2) is 0 Å². The van der Waals surface area contributed by atoms with Crippen LogP contribution in [0.2, 0.25) is 0 Å². The van der Waals surface area contributed by atoms with Crippen LogP contribution in [0.25, 0.3) is 0 Å². The molecule has 1 N–H and O–H groups in total. The van der Waals surface area contributed by atoms with E-state index in [-0.39, 0.29) is 11.4 Å². The van der Waals surface area contributed by atoms with Gasteiger partial charge in [-0.3, -0.25) is 9.69 Å². The fraction of sp³-hybridized carbons (Fsp3) is 0.421. The molecule has 1 aromatic heterocycles. The van der Waals surface area contributed by atoms with Crippen molar-refractivity contribution in [3.63, 3.8) is 0 Å². The number of benzene rings is 1. The van der Waals surface area contributed by atoms with Gasteiger partial charge in [0.25, 0.3) is 5.91 Å². The number of hydrogen-bond acceptors (Lipinski definition) is 4. The number of rotatable bonds is 4. The third-order valence-corrected chi connectivity index (χ3v) is 4.80. The molecular weight excluding hydrogens is 300 g/mol. The number of nitrogens with one attached hydrogen (secondary N) is 1. The van der Waals surface area contributed by atoms with E-state index >= 15 is 0 Å². The summed E-state index contributed by atoms with van der Waals surface area (Å²) in [7, 11) is 1.62. The molecule has 1 saturated heterocycles. The smallest absolute Gasteiger partial charge is 0.269 e. The Labute approximate surface area is 143 Å². The number of likely N-dealkylation sites (tertiary alicyclic amines) is 1. The number of aromatic nitrogens is 2. The van der Waals surface area contributed by atoms with E-state index in [4.69, 9.17) is 0 Å². The van der Waals surface area contributed by atoms with E-state index in [0.29, 0.717) is 5.69 Å². The molecule has 1 aliphatic rings. The van der Waals surface area contributed by atoms with Gasteiger partial charge in [-0.15, -0.1) is 0 Å². The lowest BCUT2D eigenvalue weighted by Crippen LogP contribution is -2.40. The molecule has 5 nitrogen and oxygen atoms in total. The lowest BCUT2D eigenvalue weighted by Gasteiger charge is -2.34. The van der Waals surface area contributed by atoms with Crippen LogP contribution in [0.1, 0.15) is 47.3 Å². The largest absolute Gasteiger partial charge is 0.354 e. The zero-order valence-electron chi connectivity index (χ0n) is 14.5. The number of carbonyl (C=O) groups is 1. The molecule has 1 aliphatic heterocycles. The number of nitrogens with zero attached hydrogens (tertiary/aromatic N) is 3. The van der Waals surface area contributed by atoms with Crippen molar-refractivity contribution < 1.29 is 4.79 Å². The number of aryl methyl sites for hydroxylation is 1. The zero-order valence-corrected chi connectivity index (χ0v) is 14.5. The first-order valence-electron chi connectivity index (χ1n) is 8.40. The van der Waals surface area contributed by atoms with Crippen molar-refractivity contribution >= 4 is 5.91 Å². The van der Waals surface area contributed by atoms with E-state index in [9.17, 15) is 4.79 Å². The predicted molar refractivity (Wildman–Crippen MR) is 93.6 cm³/mol. The van der Waals surface area contributed by atoms with E-state index < -0.39 is 0 Å². The summed E-state index contributed by atoms with van der Waals surface area (Å²) >= 11 is 0. The Kier molecular flexibility index (Phi) is 4.62. The second kappa shape index (κ2) is 6.69. The van der Waals surface area contributed by atoms with Gasteiger partial charge in [0.05, 0.1) is 5.54 Å². The van der Waals surface area contributed by atoms with Gasteiger partial charge >= 0.3 is 0 Å². The highest BCUT2D eigenvalue weighted by Crippen LogP contribution is 2.37. The summed E-state index contributed by atoms with van der Waals surface area (Å²) in [6.45, 7) is 5.98. The topological polar surface area (TPSA) is 58.1 Å². The molecule has 1 amide bonds. The maximum atomic E-state index is 12.0. The molecule has 0 aliphatic carbocycles. The number of hydrogen-bond donors (Lipinski definition) is 1. The van der Waals surface area contributed by atoms with Crippen molar-refractivity contribution in [1.82, 2.24) is 20.2 Å². The lowest BCUT2D eigenvalue weighted by molar-refractivity contribution is 0.0954. The Balaban J connectivity index is 1.94. The first-order chi connectivity index (χ1) is 11.5. The molecule has 1 aromatic carbocycles. The van der Waals surface area contributed by atoms with Gasteiger partial charge in [-0.25, -0.2) is 9.97 Å². The zero-order chi connectivity index (χ0) is 17.2. The van der Waals surface area contributed by atoms with E-state index in [1.807, 2.05) is 13.0 Å². The Morgan fingerprint density at radius 2 is 2.04 bits per heavy atom. The third kappa shape index (κ3) is 3.17.